The van der Waals surface area contributed by atoms with Crippen molar-refractivity contribution in [2.45, 2.75) is 19.1 Å². The summed E-state index contributed by atoms with van der Waals surface area (Å²) in [5.41, 5.74) is 0.738. The lowest BCUT2D eigenvalue weighted by atomic mass is 10.1. The lowest BCUT2D eigenvalue weighted by Crippen LogP contribution is -2.39. The first-order chi connectivity index (χ1) is 11.3. The molecule has 24 heavy (non-hydrogen) atoms. The molecule has 0 radical (unpaired) electrons. The molecule has 1 aromatic carbocycles. The van der Waals surface area contributed by atoms with Gasteiger partial charge in [0.05, 0.1) is 26.9 Å². The van der Waals surface area contributed by atoms with Gasteiger partial charge in [0.25, 0.3) is 0 Å². The molecule has 0 aliphatic rings. The summed E-state index contributed by atoms with van der Waals surface area (Å²) < 4.78 is 50.4. The predicted octanol–water partition coefficient (Wildman–Crippen LogP) is 2.64. The zero-order valence-corrected chi connectivity index (χ0v) is 13.7. The number of hydrogen-bond donors (Lipinski definition) is 2. The fraction of sp³-hybridized carbons (Fsp3) is 0.533. The molecule has 1 rings (SSSR count). The number of carbonyl (C=O) groups excluding carboxylic acids is 1. The smallest absolute Gasteiger partial charge is 0.411 e. The van der Waals surface area contributed by atoms with Crippen LogP contribution in [0.2, 0.25) is 0 Å². The average Bonchev–Trinajstić information content (AvgIpc) is 2.52. The highest BCUT2D eigenvalue weighted by Gasteiger charge is 2.27. The second kappa shape index (κ2) is 9.21. The van der Waals surface area contributed by atoms with Gasteiger partial charge in [-0.3, -0.25) is 0 Å². The normalized spacial score (nSPS) is 12.4. The molecule has 0 aliphatic heterocycles. The summed E-state index contributed by atoms with van der Waals surface area (Å²) in [6.07, 6.45) is -4.37. The summed E-state index contributed by atoms with van der Waals surface area (Å²) in [6.45, 7) is 0.154. The molecule has 0 saturated carbocycles. The van der Waals surface area contributed by atoms with Crippen molar-refractivity contribution in [1.82, 2.24) is 10.6 Å². The molecule has 6 nitrogen and oxygen atoms in total. The Labute approximate surface area is 138 Å². The maximum absolute atomic E-state index is 11.9. The van der Waals surface area contributed by atoms with E-state index >= 15 is 0 Å². The Morgan fingerprint density at radius 2 is 1.96 bits per heavy atom. The van der Waals surface area contributed by atoms with Crippen LogP contribution in [-0.2, 0) is 4.74 Å². The fourth-order valence-corrected chi connectivity index (χ4v) is 1.93. The number of rotatable bonds is 8. The molecule has 0 aliphatic carbocycles. The number of methoxy groups -OCH3 is 2. The predicted molar refractivity (Wildman–Crippen MR) is 81.4 cm³/mol. The first-order valence-corrected chi connectivity index (χ1v) is 7.17. The molecule has 9 heteroatoms. The van der Waals surface area contributed by atoms with E-state index in [9.17, 15) is 18.0 Å². The number of carbonyl (C=O) groups is 1. The zero-order valence-electron chi connectivity index (χ0n) is 13.7. The second-order valence-corrected chi connectivity index (χ2v) is 4.90. The summed E-state index contributed by atoms with van der Waals surface area (Å²) >= 11 is 0. The largest absolute Gasteiger partial charge is 0.497 e. The Morgan fingerprint density at radius 1 is 1.25 bits per heavy atom. The van der Waals surface area contributed by atoms with E-state index in [-0.39, 0.29) is 19.2 Å². The van der Waals surface area contributed by atoms with Crippen molar-refractivity contribution in [2.75, 3.05) is 34.0 Å². The molecule has 0 fully saturated rings. The van der Waals surface area contributed by atoms with Crippen LogP contribution in [0, 0.1) is 0 Å². The van der Waals surface area contributed by atoms with Crippen LogP contribution < -0.4 is 20.1 Å². The minimum absolute atomic E-state index is 0.0334. The fourth-order valence-electron chi connectivity index (χ4n) is 1.93. The SMILES string of the molecule is COc1ccc(C(C)NC(=O)NCCOCC(F)(F)F)c(OC)c1. The number of halogens is 3. The van der Waals surface area contributed by atoms with Gasteiger partial charge in [0.1, 0.15) is 18.1 Å². The third-order valence-electron chi connectivity index (χ3n) is 3.05. The number of amides is 2. The monoisotopic (exact) mass is 350 g/mol. The summed E-state index contributed by atoms with van der Waals surface area (Å²) in [6, 6.07) is 4.29. The van der Waals surface area contributed by atoms with Crippen molar-refractivity contribution in [3.05, 3.63) is 23.8 Å². The number of nitrogens with one attached hydrogen (secondary N) is 2. The molecule has 0 aromatic heterocycles. The zero-order chi connectivity index (χ0) is 18.2. The average molecular weight is 350 g/mol. The van der Waals surface area contributed by atoms with Crippen molar-refractivity contribution < 1.29 is 32.2 Å². The first kappa shape index (κ1) is 19.9. The quantitative estimate of drug-likeness (QED) is 0.707. The van der Waals surface area contributed by atoms with Crippen LogP contribution in [0.4, 0.5) is 18.0 Å². The van der Waals surface area contributed by atoms with Gasteiger partial charge in [0, 0.05) is 18.2 Å². The van der Waals surface area contributed by atoms with Gasteiger partial charge in [0.2, 0.25) is 0 Å². The molecule has 136 valence electrons. The van der Waals surface area contributed by atoms with E-state index in [0.29, 0.717) is 11.5 Å². The van der Waals surface area contributed by atoms with Crippen LogP contribution in [0.3, 0.4) is 0 Å². The van der Waals surface area contributed by atoms with Crippen molar-refractivity contribution >= 4 is 6.03 Å². The lowest BCUT2D eigenvalue weighted by Gasteiger charge is -2.18. The van der Waals surface area contributed by atoms with Crippen LogP contribution >= 0.6 is 0 Å². The number of ether oxygens (including phenoxy) is 3. The van der Waals surface area contributed by atoms with Gasteiger partial charge in [-0.25, -0.2) is 4.79 Å². The number of alkyl halides is 3. The number of benzene rings is 1. The van der Waals surface area contributed by atoms with Crippen molar-refractivity contribution in [2.24, 2.45) is 0 Å². The molecule has 1 aromatic rings. The van der Waals surface area contributed by atoms with E-state index in [1.54, 1.807) is 25.1 Å². The van der Waals surface area contributed by atoms with Crippen LogP contribution in [0.25, 0.3) is 0 Å². The summed E-state index contributed by atoms with van der Waals surface area (Å²) in [5, 5.41) is 5.09. The minimum Gasteiger partial charge on any atom is -0.497 e. The Morgan fingerprint density at radius 3 is 2.54 bits per heavy atom. The van der Waals surface area contributed by atoms with E-state index in [4.69, 9.17) is 9.47 Å². The van der Waals surface area contributed by atoms with Crippen molar-refractivity contribution in [3.63, 3.8) is 0 Å². The molecular formula is C15H21F3N2O4. The van der Waals surface area contributed by atoms with Crippen LogP contribution in [0.15, 0.2) is 18.2 Å². The molecule has 1 atom stereocenters. The molecule has 0 bridgehead atoms. The third-order valence-corrected chi connectivity index (χ3v) is 3.05. The van der Waals surface area contributed by atoms with Gasteiger partial charge in [-0.15, -0.1) is 0 Å². The maximum Gasteiger partial charge on any atom is 0.411 e. The van der Waals surface area contributed by atoms with Gasteiger partial charge in [-0.2, -0.15) is 13.2 Å². The van der Waals surface area contributed by atoms with Gasteiger partial charge in [-0.1, -0.05) is 0 Å². The summed E-state index contributed by atoms with van der Waals surface area (Å²) in [5.74, 6) is 1.17. The Kier molecular flexibility index (Phi) is 7.63. The van der Waals surface area contributed by atoms with Gasteiger partial charge >= 0.3 is 12.2 Å². The highest BCUT2D eigenvalue weighted by molar-refractivity contribution is 5.74. The second-order valence-electron chi connectivity index (χ2n) is 4.90. The first-order valence-electron chi connectivity index (χ1n) is 7.17. The van der Waals surface area contributed by atoms with Gasteiger partial charge in [0.15, 0.2) is 0 Å². The third kappa shape index (κ3) is 6.95. The van der Waals surface area contributed by atoms with E-state index in [1.165, 1.54) is 14.2 Å². The summed E-state index contributed by atoms with van der Waals surface area (Å²) in [7, 11) is 3.04. The van der Waals surface area contributed by atoms with Crippen LogP contribution in [0.1, 0.15) is 18.5 Å². The minimum atomic E-state index is -4.37. The topological polar surface area (TPSA) is 68.8 Å². The van der Waals surface area contributed by atoms with E-state index in [2.05, 4.69) is 15.4 Å². The van der Waals surface area contributed by atoms with E-state index in [0.717, 1.165) is 5.56 Å². The molecule has 0 heterocycles. The number of hydrogen-bond acceptors (Lipinski definition) is 4. The lowest BCUT2D eigenvalue weighted by molar-refractivity contribution is -0.173. The molecule has 1 unspecified atom stereocenters. The van der Waals surface area contributed by atoms with Crippen LogP contribution in [0.5, 0.6) is 11.5 Å². The molecule has 2 amide bonds. The van der Waals surface area contributed by atoms with E-state index < -0.39 is 18.8 Å². The van der Waals surface area contributed by atoms with Gasteiger partial charge in [-0.05, 0) is 19.1 Å². The van der Waals surface area contributed by atoms with Crippen LogP contribution in [-0.4, -0.2) is 46.2 Å². The molecular weight excluding hydrogens is 329 g/mol. The Bertz CT molecular complexity index is 538. The molecule has 2 N–H and O–H groups in total. The van der Waals surface area contributed by atoms with Crippen molar-refractivity contribution in [3.8, 4) is 11.5 Å². The summed E-state index contributed by atoms with van der Waals surface area (Å²) in [4.78, 5) is 11.7. The highest BCUT2D eigenvalue weighted by atomic mass is 19.4. The van der Waals surface area contributed by atoms with E-state index in [1.807, 2.05) is 0 Å². The maximum atomic E-state index is 11.9. The Balaban J connectivity index is 2.44. The Hall–Kier alpha value is -2.16. The molecule has 0 spiro atoms. The standard InChI is InChI=1S/C15H21F3N2O4/c1-10(12-5-4-11(22-2)8-13(12)23-3)20-14(21)19-6-7-24-9-15(16,17)18/h4-5,8,10H,6-7,9H2,1-3H3,(H2,19,20,21). The number of urea groups is 1. The van der Waals surface area contributed by atoms with Gasteiger partial charge < -0.3 is 24.8 Å². The highest BCUT2D eigenvalue weighted by Crippen LogP contribution is 2.29. The molecule has 0 saturated heterocycles. The van der Waals surface area contributed by atoms with Crippen molar-refractivity contribution in [1.29, 1.82) is 0 Å².